The first-order valence-corrected chi connectivity index (χ1v) is 14.5. The zero-order chi connectivity index (χ0) is 30.1. The molecule has 0 saturated heterocycles. The molecule has 0 aliphatic carbocycles. The van der Waals surface area contributed by atoms with E-state index in [1.807, 2.05) is 74.4 Å². The predicted molar refractivity (Wildman–Crippen MR) is 173 cm³/mol. The number of nitrogens with one attached hydrogen (secondary N) is 3. The fraction of sp³-hybridized carbons (Fsp3) is 0.121. The highest BCUT2D eigenvalue weighted by atomic mass is 35.5. The van der Waals surface area contributed by atoms with Gasteiger partial charge in [-0.2, -0.15) is 0 Å². The number of benzene rings is 4. The van der Waals surface area contributed by atoms with Crippen LogP contribution in [0.25, 0.3) is 6.08 Å². The van der Waals surface area contributed by atoms with Crippen LogP contribution in [0.3, 0.4) is 0 Å². The van der Waals surface area contributed by atoms with Crippen LogP contribution in [0.2, 0.25) is 5.02 Å². The average molecular weight is 599 g/mol. The Kier molecular flexibility index (Phi) is 10.4. The molecule has 0 fully saturated rings. The van der Waals surface area contributed by atoms with E-state index in [1.54, 1.807) is 54.6 Å². The zero-order valence-corrected chi connectivity index (χ0v) is 25.1. The number of rotatable bonds is 10. The molecule has 4 aromatic carbocycles. The van der Waals surface area contributed by atoms with Gasteiger partial charge in [-0.25, -0.2) is 0 Å². The van der Waals surface area contributed by atoms with Gasteiger partial charge in [0, 0.05) is 46.6 Å². The Morgan fingerprint density at radius 2 is 1.52 bits per heavy atom. The third-order valence-electron chi connectivity index (χ3n) is 6.27. The van der Waals surface area contributed by atoms with Crippen molar-refractivity contribution in [2.45, 2.75) is 11.8 Å². The second kappa shape index (κ2) is 14.4. The Bertz CT molecular complexity index is 1590. The van der Waals surface area contributed by atoms with E-state index < -0.39 is 5.91 Å². The summed E-state index contributed by atoms with van der Waals surface area (Å²) < 4.78 is 0. The third kappa shape index (κ3) is 8.49. The van der Waals surface area contributed by atoms with Crippen molar-refractivity contribution in [1.82, 2.24) is 5.32 Å². The SMILES string of the molecule is Cc1c(Cl)cccc1NC(=O)CSc1ccc(NC(=O)/C(=C/c2ccc(N(C)C)cc2)NC(=O)c2ccccc2)cc1. The predicted octanol–water partition coefficient (Wildman–Crippen LogP) is 6.85. The number of halogens is 1. The summed E-state index contributed by atoms with van der Waals surface area (Å²) in [5, 5.41) is 9.09. The Labute approximate surface area is 255 Å². The maximum Gasteiger partial charge on any atom is 0.272 e. The van der Waals surface area contributed by atoms with Gasteiger partial charge in [0.25, 0.3) is 11.8 Å². The van der Waals surface area contributed by atoms with Crippen LogP contribution in [0.5, 0.6) is 0 Å². The van der Waals surface area contributed by atoms with Crippen LogP contribution in [0, 0.1) is 6.92 Å². The Morgan fingerprint density at radius 1 is 0.833 bits per heavy atom. The Balaban J connectivity index is 1.42. The highest BCUT2D eigenvalue weighted by Crippen LogP contribution is 2.25. The molecule has 0 spiro atoms. The van der Waals surface area contributed by atoms with Gasteiger partial charge in [-0.15, -0.1) is 11.8 Å². The van der Waals surface area contributed by atoms with Crippen LogP contribution in [-0.4, -0.2) is 37.6 Å². The normalized spacial score (nSPS) is 11.0. The second-order valence-corrected chi connectivity index (χ2v) is 11.0. The molecule has 3 amide bonds. The van der Waals surface area contributed by atoms with Crippen molar-refractivity contribution in [2.24, 2.45) is 0 Å². The van der Waals surface area contributed by atoms with Crippen LogP contribution < -0.4 is 20.9 Å². The Morgan fingerprint density at radius 3 is 2.19 bits per heavy atom. The van der Waals surface area contributed by atoms with Gasteiger partial charge in [-0.05, 0) is 84.8 Å². The van der Waals surface area contributed by atoms with Crippen molar-refractivity contribution in [1.29, 1.82) is 0 Å². The van der Waals surface area contributed by atoms with Gasteiger partial charge in [0.15, 0.2) is 0 Å². The lowest BCUT2D eigenvalue weighted by Crippen LogP contribution is -2.30. The number of amides is 3. The van der Waals surface area contributed by atoms with Crippen LogP contribution in [-0.2, 0) is 9.59 Å². The largest absolute Gasteiger partial charge is 0.378 e. The number of hydrogen-bond donors (Lipinski definition) is 3. The maximum absolute atomic E-state index is 13.3. The molecule has 0 unspecified atom stereocenters. The number of carbonyl (C=O) groups excluding carboxylic acids is 3. The Hall–Kier alpha value is -4.53. The summed E-state index contributed by atoms with van der Waals surface area (Å²) in [6.45, 7) is 1.85. The van der Waals surface area contributed by atoms with Crippen molar-refractivity contribution in [3.63, 3.8) is 0 Å². The monoisotopic (exact) mass is 598 g/mol. The molecule has 0 aromatic heterocycles. The number of nitrogens with zero attached hydrogens (tertiary/aromatic N) is 1. The fourth-order valence-electron chi connectivity index (χ4n) is 3.89. The number of hydrogen-bond acceptors (Lipinski definition) is 5. The molecule has 9 heteroatoms. The maximum atomic E-state index is 13.3. The molecule has 7 nitrogen and oxygen atoms in total. The highest BCUT2D eigenvalue weighted by Gasteiger charge is 2.15. The summed E-state index contributed by atoms with van der Waals surface area (Å²) in [5.41, 5.74) is 4.37. The molecule has 0 radical (unpaired) electrons. The third-order valence-corrected chi connectivity index (χ3v) is 7.69. The van der Waals surface area contributed by atoms with Crippen LogP contribution >= 0.6 is 23.4 Å². The van der Waals surface area contributed by atoms with E-state index in [0.717, 1.165) is 21.7 Å². The summed E-state index contributed by atoms with van der Waals surface area (Å²) in [6.07, 6.45) is 1.64. The van der Waals surface area contributed by atoms with Crippen LogP contribution in [0.4, 0.5) is 17.1 Å². The van der Waals surface area contributed by atoms with E-state index in [-0.39, 0.29) is 23.3 Å². The summed E-state index contributed by atoms with van der Waals surface area (Å²) in [4.78, 5) is 41.5. The minimum absolute atomic E-state index is 0.105. The first-order chi connectivity index (χ1) is 20.2. The van der Waals surface area contributed by atoms with E-state index in [2.05, 4.69) is 16.0 Å². The highest BCUT2D eigenvalue weighted by molar-refractivity contribution is 8.00. The van der Waals surface area contributed by atoms with E-state index >= 15 is 0 Å². The standard InChI is InChI=1S/C33H31ClN4O3S/c1-22-28(34)10-7-11-29(22)36-31(39)21-42-27-18-14-25(15-19-27)35-33(41)30(37-32(40)24-8-5-4-6-9-24)20-23-12-16-26(17-13-23)38(2)3/h4-20H,21H2,1-3H3,(H,35,41)(H,36,39)(H,37,40)/b30-20-. The van der Waals surface area contributed by atoms with Gasteiger partial charge in [0.2, 0.25) is 5.91 Å². The lowest BCUT2D eigenvalue weighted by atomic mass is 10.1. The van der Waals surface area contributed by atoms with Gasteiger partial charge >= 0.3 is 0 Å². The molecular formula is C33H31ClN4O3S. The summed E-state index contributed by atoms with van der Waals surface area (Å²) >= 11 is 7.51. The fourth-order valence-corrected chi connectivity index (χ4v) is 4.76. The second-order valence-electron chi connectivity index (χ2n) is 9.59. The van der Waals surface area contributed by atoms with Gasteiger partial charge in [-0.1, -0.05) is 48.0 Å². The van der Waals surface area contributed by atoms with E-state index in [1.165, 1.54) is 11.8 Å². The summed E-state index contributed by atoms with van der Waals surface area (Å²) in [7, 11) is 3.90. The van der Waals surface area contributed by atoms with Crippen molar-refractivity contribution < 1.29 is 14.4 Å². The molecule has 214 valence electrons. The van der Waals surface area contributed by atoms with Gasteiger partial charge < -0.3 is 20.9 Å². The summed E-state index contributed by atoms with van der Waals surface area (Å²) in [6, 6.07) is 28.9. The molecule has 3 N–H and O–H groups in total. The van der Waals surface area contributed by atoms with E-state index in [9.17, 15) is 14.4 Å². The quantitative estimate of drug-likeness (QED) is 0.137. The van der Waals surface area contributed by atoms with E-state index in [4.69, 9.17) is 11.6 Å². The van der Waals surface area contributed by atoms with Crippen molar-refractivity contribution in [2.75, 3.05) is 35.4 Å². The molecule has 4 aromatic rings. The molecule has 0 aliphatic rings. The lowest BCUT2D eigenvalue weighted by Gasteiger charge is -2.13. The number of anilines is 3. The molecule has 42 heavy (non-hydrogen) atoms. The first-order valence-electron chi connectivity index (χ1n) is 13.1. The number of thioether (sulfide) groups is 1. The molecule has 0 saturated carbocycles. The van der Waals surface area contributed by atoms with Crippen molar-refractivity contribution in [3.05, 3.63) is 124 Å². The van der Waals surface area contributed by atoms with Gasteiger partial charge in [0.1, 0.15) is 5.70 Å². The van der Waals surface area contributed by atoms with E-state index in [0.29, 0.717) is 22.0 Å². The van der Waals surface area contributed by atoms with Crippen molar-refractivity contribution >= 4 is 64.2 Å². The first kappa shape index (κ1) is 30.4. The van der Waals surface area contributed by atoms with Crippen molar-refractivity contribution in [3.8, 4) is 0 Å². The number of carbonyl (C=O) groups is 3. The zero-order valence-electron chi connectivity index (χ0n) is 23.5. The minimum Gasteiger partial charge on any atom is -0.378 e. The average Bonchev–Trinajstić information content (AvgIpc) is 2.99. The molecule has 0 atom stereocenters. The molecule has 4 rings (SSSR count). The lowest BCUT2D eigenvalue weighted by molar-refractivity contribution is -0.114. The topological polar surface area (TPSA) is 90.5 Å². The van der Waals surface area contributed by atoms with Crippen LogP contribution in [0.1, 0.15) is 21.5 Å². The minimum atomic E-state index is -0.465. The van der Waals surface area contributed by atoms with Gasteiger partial charge in [0.05, 0.1) is 5.75 Å². The molecule has 0 heterocycles. The summed E-state index contributed by atoms with van der Waals surface area (Å²) in [5.74, 6) is -0.791. The molecular weight excluding hydrogens is 568 g/mol. The smallest absolute Gasteiger partial charge is 0.272 e. The molecule has 0 aliphatic heterocycles. The molecule has 0 bridgehead atoms. The van der Waals surface area contributed by atoms with Gasteiger partial charge in [-0.3, -0.25) is 14.4 Å². The van der Waals surface area contributed by atoms with Crippen LogP contribution in [0.15, 0.2) is 108 Å².